The molecule has 0 aliphatic carbocycles. The highest BCUT2D eigenvalue weighted by molar-refractivity contribution is 6.34. The van der Waals surface area contributed by atoms with Crippen LogP contribution in [-0.4, -0.2) is 35.2 Å². The molecule has 108 valence electrons. The van der Waals surface area contributed by atoms with Gasteiger partial charge in [-0.3, -0.25) is 9.59 Å². The molecule has 6 heteroatoms. The number of aliphatic carboxylic acids is 1. The van der Waals surface area contributed by atoms with Crippen molar-refractivity contribution in [2.75, 3.05) is 11.4 Å². The smallest absolute Gasteiger partial charge is 0.310 e. The lowest BCUT2D eigenvalue weighted by molar-refractivity contribution is -0.146. The molecule has 0 aromatic heterocycles. The number of ether oxygens (including phenoxy) is 1. The molecule has 3 heterocycles. The Morgan fingerprint density at radius 2 is 2.19 bits per heavy atom. The van der Waals surface area contributed by atoms with Gasteiger partial charge in [-0.05, 0) is 12.1 Å². The van der Waals surface area contributed by atoms with Crippen molar-refractivity contribution in [1.29, 1.82) is 0 Å². The van der Waals surface area contributed by atoms with Gasteiger partial charge in [0.2, 0.25) is 5.91 Å². The number of carboxylic acid groups (broad SMARTS) is 1. The summed E-state index contributed by atoms with van der Waals surface area (Å²) in [5.74, 6) is -2.73. The van der Waals surface area contributed by atoms with Crippen molar-refractivity contribution in [3.05, 3.63) is 41.4 Å². The normalized spacial score (nSPS) is 36.3. The maximum absolute atomic E-state index is 12.7. The van der Waals surface area contributed by atoms with E-state index in [-0.39, 0.29) is 5.91 Å². The van der Waals surface area contributed by atoms with E-state index < -0.39 is 29.5 Å². The van der Waals surface area contributed by atoms with Crippen molar-refractivity contribution in [2.45, 2.75) is 11.7 Å². The lowest BCUT2D eigenvalue weighted by atomic mass is 9.77. The number of benzene rings is 1. The summed E-state index contributed by atoms with van der Waals surface area (Å²) in [5.41, 5.74) is -0.234. The third-order valence-corrected chi connectivity index (χ3v) is 4.85. The van der Waals surface area contributed by atoms with Crippen LogP contribution < -0.4 is 4.90 Å². The minimum atomic E-state index is -0.995. The van der Waals surface area contributed by atoms with Crippen molar-refractivity contribution in [2.24, 2.45) is 11.8 Å². The fraction of sp³-hybridized carbons (Fsp3) is 0.333. The topological polar surface area (TPSA) is 66.8 Å². The molecular weight excluding hydrogens is 294 g/mol. The average molecular weight is 306 g/mol. The number of fused-ring (bicyclic) bond motifs is 1. The molecular formula is C15H12ClNO4. The summed E-state index contributed by atoms with van der Waals surface area (Å²) < 4.78 is 5.82. The molecule has 1 spiro atoms. The Morgan fingerprint density at radius 3 is 2.90 bits per heavy atom. The van der Waals surface area contributed by atoms with Crippen LogP contribution in [0.1, 0.15) is 0 Å². The number of carbonyl (C=O) groups excluding carboxylic acids is 1. The van der Waals surface area contributed by atoms with Crippen LogP contribution in [-0.2, 0) is 14.3 Å². The molecule has 0 radical (unpaired) electrons. The first-order chi connectivity index (χ1) is 10.0. The van der Waals surface area contributed by atoms with Gasteiger partial charge in [0.1, 0.15) is 11.5 Å². The zero-order valence-electron chi connectivity index (χ0n) is 10.9. The monoisotopic (exact) mass is 305 g/mol. The van der Waals surface area contributed by atoms with E-state index in [0.717, 1.165) is 0 Å². The van der Waals surface area contributed by atoms with Crippen LogP contribution in [0.25, 0.3) is 0 Å². The van der Waals surface area contributed by atoms with Crippen molar-refractivity contribution >= 4 is 29.2 Å². The van der Waals surface area contributed by atoms with Gasteiger partial charge in [0.05, 0.1) is 29.3 Å². The first-order valence-corrected chi connectivity index (χ1v) is 7.07. The molecule has 4 rings (SSSR count). The number of anilines is 1. The van der Waals surface area contributed by atoms with Gasteiger partial charge in [-0.2, -0.15) is 0 Å². The summed E-state index contributed by atoms with van der Waals surface area (Å²) >= 11 is 6.16. The van der Waals surface area contributed by atoms with Crippen LogP contribution >= 0.6 is 11.6 Å². The third-order valence-electron chi connectivity index (χ3n) is 4.53. The van der Waals surface area contributed by atoms with Crippen molar-refractivity contribution in [3.63, 3.8) is 0 Å². The average Bonchev–Trinajstić information content (AvgIpc) is 3.08. The quantitative estimate of drug-likeness (QED) is 0.845. The van der Waals surface area contributed by atoms with Crippen LogP contribution in [0.3, 0.4) is 0 Å². The summed E-state index contributed by atoms with van der Waals surface area (Å²) in [4.78, 5) is 25.7. The van der Waals surface area contributed by atoms with Crippen LogP contribution in [0.2, 0.25) is 5.02 Å². The summed E-state index contributed by atoms with van der Waals surface area (Å²) in [7, 11) is 0. The Hall–Kier alpha value is -1.85. The van der Waals surface area contributed by atoms with Crippen LogP contribution in [0, 0.1) is 11.8 Å². The largest absolute Gasteiger partial charge is 0.481 e. The molecule has 21 heavy (non-hydrogen) atoms. The third kappa shape index (κ3) is 1.56. The molecule has 2 saturated heterocycles. The van der Waals surface area contributed by atoms with Crippen LogP contribution in [0.4, 0.5) is 5.69 Å². The second kappa shape index (κ2) is 4.08. The molecule has 4 atom stereocenters. The van der Waals surface area contributed by atoms with Gasteiger partial charge in [0.15, 0.2) is 0 Å². The highest BCUT2D eigenvalue weighted by Gasteiger charge is 2.67. The van der Waals surface area contributed by atoms with Gasteiger partial charge in [-0.15, -0.1) is 0 Å². The Labute approximate surface area is 125 Å². The molecule has 1 N–H and O–H groups in total. The summed E-state index contributed by atoms with van der Waals surface area (Å²) in [5, 5.41) is 9.86. The number of carbonyl (C=O) groups is 2. The van der Waals surface area contributed by atoms with Crippen molar-refractivity contribution < 1.29 is 19.4 Å². The minimum Gasteiger partial charge on any atom is -0.481 e. The van der Waals surface area contributed by atoms with E-state index in [2.05, 4.69) is 0 Å². The van der Waals surface area contributed by atoms with Crippen LogP contribution in [0.5, 0.6) is 0 Å². The highest BCUT2D eigenvalue weighted by atomic mass is 35.5. The van der Waals surface area contributed by atoms with Gasteiger partial charge >= 0.3 is 5.97 Å². The lowest BCUT2D eigenvalue weighted by Crippen LogP contribution is -2.39. The molecule has 3 aliphatic rings. The summed E-state index contributed by atoms with van der Waals surface area (Å²) in [6.45, 7) is 0.303. The Bertz CT molecular complexity index is 688. The Morgan fingerprint density at radius 1 is 1.43 bits per heavy atom. The van der Waals surface area contributed by atoms with Gasteiger partial charge in [-0.25, -0.2) is 0 Å². The van der Waals surface area contributed by atoms with Gasteiger partial charge in [0, 0.05) is 0 Å². The molecule has 0 saturated carbocycles. The standard InChI is InChI=1S/C15H12ClNO4/c16-8-3-1-2-4-9(8)17-7-15-6-5-10(21-15)11(14(19)20)12(15)13(17)18/h1-6,10-12H,7H2,(H,19,20)/t10-,11+,12+,15+/m0/s1. The first kappa shape index (κ1) is 12.9. The predicted octanol–water partition coefficient (Wildman–Crippen LogP) is 1.71. The maximum atomic E-state index is 12.7. The molecule has 3 aliphatic heterocycles. The number of hydrogen-bond acceptors (Lipinski definition) is 3. The molecule has 1 amide bonds. The summed E-state index contributed by atoms with van der Waals surface area (Å²) in [6, 6.07) is 7.04. The number of amides is 1. The van der Waals surface area contributed by atoms with Gasteiger partial charge < -0.3 is 14.7 Å². The fourth-order valence-corrected chi connectivity index (χ4v) is 3.89. The number of hydrogen-bond donors (Lipinski definition) is 1. The van der Waals surface area contributed by atoms with E-state index in [0.29, 0.717) is 17.3 Å². The SMILES string of the molecule is O=C(O)[C@@H]1[C@@H]2C=C[C@]3(CN(c4ccccc4Cl)C(=O)[C@@H]13)O2. The Kier molecular flexibility index (Phi) is 2.50. The second-order valence-corrected chi connectivity index (χ2v) is 6.02. The van der Waals surface area contributed by atoms with Gasteiger partial charge in [0.25, 0.3) is 0 Å². The van der Waals surface area contributed by atoms with E-state index >= 15 is 0 Å². The summed E-state index contributed by atoms with van der Waals surface area (Å²) in [6.07, 6.45) is 3.07. The number of carboxylic acids is 1. The van der Waals surface area contributed by atoms with Crippen molar-refractivity contribution in [3.8, 4) is 0 Å². The molecule has 2 bridgehead atoms. The second-order valence-electron chi connectivity index (χ2n) is 5.61. The Balaban J connectivity index is 1.78. The zero-order chi connectivity index (χ0) is 14.8. The number of para-hydroxylation sites is 1. The van der Waals surface area contributed by atoms with Gasteiger partial charge in [-0.1, -0.05) is 35.9 Å². The first-order valence-electron chi connectivity index (χ1n) is 6.69. The number of halogens is 1. The predicted molar refractivity (Wildman–Crippen MR) is 75.2 cm³/mol. The number of rotatable bonds is 2. The van der Waals surface area contributed by atoms with E-state index in [9.17, 15) is 14.7 Å². The number of nitrogens with zero attached hydrogens (tertiary/aromatic N) is 1. The van der Waals surface area contributed by atoms with Crippen LogP contribution in [0.15, 0.2) is 36.4 Å². The maximum Gasteiger partial charge on any atom is 0.310 e. The van der Waals surface area contributed by atoms with E-state index in [1.807, 2.05) is 6.08 Å². The molecule has 5 nitrogen and oxygen atoms in total. The fourth-order valence-electron chi connectivity index (χ4n) is 3.65. The molecule has 1 aromatic carbocycles. The van der Waals surface area contributed by atoms with Crippen molar-refractivity contribution in [1.82, 2.24) is 0 Å². The zero-order valence-corrected chi connectivity index (χ0v) is 11.7. The molecule has 0 unspecified atom stereocenters. The lowest BCUT2D eigenvalue weighted by Gasteiger charge is -2.22. The highest BCUT2D eigenvalue weighted by Crippen LogP contribution is 2.53. The molecule has 1 aromatic rings. The minimum absolute atomic E-state index is 0.234. The van der Waals surface area contributed by atoms with E-state index in [4.69, 9.17) is 16.3 Å². The molecule has 2 fully saturated rings. The van der Waals surface area contributed by atoms with E-state index in [1.165, 1.54) is 4.90 Å². The van der Waals surface area contributed by atoms with E-state index in [1.54, 1.807) is 30.3 Å².